The zero-order valence-electron chi connectivity index (χ0n) is 8.09. The molecule has 0 saturated carbocycles. The van der Waals surface area contributed by atoms with Crippen LogP contribution in [0.5, 0.6) is 5.75 Å². The maximum atomic E-state index is 13.2. The number of hydrogen-bond donors (Lipinski definition) is 2. The summed E-state index contributed by atoms with van der Waals surface area (Å²) in [6.45, 7) is -0.0770. The van der Waals surface area contributed by atoms with E-state index in [4.69, 9.17) is 11.5 Å². The lowest BCUT2D eigenvalue weighted by atomic mass is 10.1. The van der Waals surface area contributed by atoms with Gasteiger partial charge in [-0.3, -0.25) is 0 Å². The second kappa shape index (κ2) is 4.67. The largest absolute Gasteiger partial charge is 0.573 e. The van der Waals surface area contributed by atoms with Crippen molar-refractivity contribution in [1.29, 1.82) is 0 Å². The molecule has 90 valence electrons. The minimum Gasteiger partial charge on any atom is -0.406 e. The summed E-state index contributed by atoms with van der Waals surface area (Å²) < 4.78 is 52.5. The first-order valence-electron chi connectivity index (χ1n) is 4.34. The third kappa shape index (κ3) is 3.35. The van der Waals surface area contributed by atoms with Gasteiger partial charge < -0.3 is 16.2 Å². The molecule has 0 spiro atoms. The minimum atomic E-state index is -4.82. The molecular formula is C9H10F4N2O. The molecule has 0 amide bonds. The van der Waals surface area contributed by atoms with Gasteiger partial charge in [0.1, 0.15) is 11.6 Å². The van der Waals surface area contributed by atoms with Gasteiger partial charge in [-0.15, -0.1) is 13.2 Å². The minimum absolute atomic E-state index is 0.0770. The smallest absolute Gasteiger partial charge is 0.406 e. The molecule has 16 heavy (non-hydrogen) atoms. The quantitative estimate of drug-likeness (QED) is 0.787. The molecule has 7 heteroatoms. The molecule has 0 bridgehead atoms. The van der Waals surface area contributed by atoms with Crippen molar-refractivity contribution in [3.63, 3.8) is 0 Å². The molecule has 1 rings (SSSR count). The van der Waals surface area contributed by atoms with Crippen LogP contribution in [0.2, 0.25) is 0 Å². The SMILES string of the molecule is NC[C@H](N)c1cc(OC(F)(F)F)ccc1F. The van der Waals surface area contributed by atoms with Crippen LogP contribution >= 0.6 is 0 Å². The summed E-state index contributed by atoms with van der Waals surface area (Å²) in [5.41, 5.74) is 10.5. The number of nitrogens with two attached hydrogens (primary N) is 2. The monoisotopic (exact) mass is 238 g/mol. The van der Waals surface area contributed by atoms with Gasteiger partial charge in [0.05, 0.1) is 0 Å². The van der Waals surface area contributed by atoms with Crippen molar-refractivity contribution < 1.29 is 22.3 Å². The molecule has 1 aromatic carbocycles. The van der Waals surface area contributed by atoms with Crippen LogP contribution in [-0.2, 0) is 0 Å². The molecular weight excluding hydrogens is 228 g/mol. The molecule has 1 atom stereocenters. The number of ether oxygens (including phenoxy) is 1. The van der Waals surface area contributed by atoms with Crippen molar-refractivity contribution in [2.75, 3.05) is 6.54 Å². The average Bonchev–Trinajstić information content (AvgIpc) is 2.18. The van der Waals surface area contributed by atoms with Crippen LogP contribution in [0.25, 0.3) is 0 Å². The summed E-state index contributed by atoms with van der Waals surface area (Å²) in [6.07, 6.45) is -4.82. The Bertz CT molecular complexity index is 367. The number of hydrogen-bond acceptors (Lipinski definition) is 3. The van der Waals surface area contributed by atoms with E-state index in [1.807, 2.05) is 0 Å². The second-order valence-corrected chi connectivity index (χ2v) is 3.07. The van der Waals surface area contributed by atoms with E-state index in [1.54, 1.807) is 0 Å². The van der Waals surface area contributed by atoms with Crippen molar-refractivity contribution in [3.05, 3.63) is 29.6 Å². The van der Waals surface area contributed by atoms with E-state index in [0.717, 1.165) is 18.2 Å². The predicted octanol–water partition coefficient (Wildman–Crippen LogP) is 1.68. The highest BCUT2D eigenvalue weighted by Crippen LogP contribution is 2.26. The van der Waals surface area contributed by atoms with Crippen molar-refractivity contribution in [2.24, 2.45) is 11.5 Å². The van der Waals surface area contributed by atoms with Gasteiger partial charge in [-0.2, -0.15) is 0 Å². The molecule has 0 radical (unpaired) electrons. The molecule has 0 aliphatic rings. The third-order valence-electron chi connectivity index (χ3n) is 1.85. The third-order valence-corrected chi connectivity index (χ3v) is 1.85. The number of alkyl halides is 3. The highest BCUT2D eigenvalue weighted by atomic mass is 19.4. The molecule has 4 N–H and O–H groups in total. The maximum absolute atomic E-state index is 13.2. The Morgan fingerprint density at radius 2 is 1.94 bits per heavy atom. The highest BCUT2D eigenvalue weighted by Gasteiger charge is 2.31. The van der Waals surface area contributed by atoms with Crippen LogP contribution in [0.3, 0.4) is 0 Å². The van der Waals surface area contributed by atoms with E-state index in [1.165, 1.54) is 0 Å². The molecule has 0 aromatic heterocycles. The van der Waals surface area contributed by atoms with Crippen molar-refractivity contribution >= 4 is 0 Å². The Labute approximate surface area is 89.0 Å². The number of rotatable bonds is 3. The highest BCUT2D eigenvalue weighted by molar-refractivity contribution is 5.32. The van der Waals surface area contributed by atoms with Gasteiger partial charge in [-0.05, 0) is 18.2 Å². The van der Waals surface area contributed by atoms with Crippen LogP contribution in [-0.4, -0.2) is 12.9 Å². The van der Waals surface area contributed by atoms with Gasteiger partial charge in [-0.1, -0.05) is 0 Å². The van der Waals surface area contributed by atoms with Gasteiger partial charge in [0.2, 0.25) is 0 Å². The lowest BCUT2D eigenvalue weighted by molar-refractivity contribution is -0.274. The Kier molecular flexibility index (Phi) is 3.71. The van der Waals surface area contributed by atoms with Crippen LogP contribution in [0.1, 0.15) is 11.6 Å². The van der Waals surface area contributed by atoms with E-state index in [2.05, 4.69) is 4.74 Å². The standard InChI is InChI=1S/C9H10F4N2O/c10-7-2-1-5(16-9(11,12)13)3-6(7)8(15)4-14/h1-3,8H,4,14-15H2/t8-/m0/s1. The van der Waals surface area contributed by atoms with E-state index in [9.17, 15) is 17.6 Å². The zero-order chi connectivity index (χ0) is 12.3. The Hall–Kier alpha value is -1.34. The first-order chi connectivity index (χ1) is 7.33. The molecule has 0 aliphatic carbocycles. The van der Waals surface area contributed by atoms with Crippen molar-refractivity contribution in [2.45, 2.75) is 12.4 Å². The first-order valence-corrected chi connectivity index (χ1v) is 4.34. The zero-order valence-corrected chi connectivity index (χ0v) is 8.09. The maximum Gasteiger partial charge on any atom is 0.573 e. The summed E-state index contributed by atoms with van der Waals surface area (Å²) in [6, 6.07) is 1.75. The summed E-state index contributed by atoms with van der Waals surface area (Å²) in [4.78, 5) is 0. The molecule has 0 heterocycles. The fourth-order valence-corrected chi connectivity index (χ4v) is 1.13. The molecule has 3 nitrogen and oxygen atoms in total. The van der Waals surface area contributed by atoms with Crippen LogP contribution in [0, 0.1) is 5.82 Å². The molecule has 0 fully saturated rings. The van der Waals surface area contributed by atoms with E-state index < -0.39 is 24.0 Å². The van der Waals surface area contributed by atoms with Crippen molar-refractivity contribution in [3.8, 4) is 5.75 Å². The first kappa shape index (κ1) is 12.7. The Morgan fingerprint density at radius 3 is 2.44 bits per heavy atom. The lowest BCUT2D eigenvalue weighted by Crippen LogP contribution is -2.22. The normalized spacial score (nSPS) is 13.6. The van der Waals surface area contributed by atoms with Crippen LogP contribution < -0.4 is 16.2 Å². The van der Waals surface area contributed by atoms with Gasteiger partial charge in [0.25, 0.3) is 0 Å². The fraction of sp³-hybridized carbons (Fsp3) is 0.333. The van der Waals surface area contributed by atoms with Gasteiger partial charge in [0.15, 0.2) is 0 Å². The second-order valence-electron chi connectivity index (χ2n) is 3.07. The van der Waals surface area contributed by atoms with Gasteiger partial charge in [0, 0.05) is 18.2 Å². The summed E-state index contributed by atoms with van der Waals surface area (Å²) in [5, 5.41) is 0. The fourth-order valence-electron chi connectivity index (χ4n) is 1.13. The van der Waals surface area contributed by atoms with Crippen LogP contribution in [0.15, 0.2) is 18.2 Å². The molecule has 0 aliphatic heterocycles. The Morgan fingerprint density at radius 1 is 1.31 bits per heavy atom. The van der Waals surface area contributed by atoms with Crippen LogP contribution in [0.4, 0.5) is 17.6 Å². The summed E-state index contributed by atoms with van der Waals surface area (Å²) in [7, 11) is 0. The Balaban J connectivity index is 2.98. The van der Waals surface area contributed by atoms with Gasteiger partial charge >= 0.3 is 6.36 Å². The molecule has 1 aromatic rings. The van der Waals surface area contributed by atoms with Crippen molar-refractivity contribution in [1.82, 2.24) is 0 Å². The molecule has 0 unspecified atom stereocenters. The summed E-state index contributed by atoms with van der Waals surface area (Å²) in [5.74, 6) is -1.24. The molecule has 0 saturated heterocycles. The summed E-state index contributed by atoms with van der Waals surface area (Å²) >= 11 is 0. The van der Waals surface area contributed by atoms with E-state index >= 15 is 0 Å². The lowest BCUT2D eigenvalue weighted by Gasteiger charge is -2.13. The number of halogens is 4. The average molecular weight is 238 g/mol. The van der Waals surface area contributed by atoms with E-state index in [-0.39, 0.29) is 12.1 Å². The van der Waals surface area contributed by atoms with Gasteiger partial charge in [-0.25, -0.2) is 4.39 Å². The van der Waals surface area contributed by atoms with E-state index in [0.29, 0.717) is 0 Å². The topological polar surface area (TPSA) is 61.3 Å². The number of benzene rings is 1. The predicted molar refractivity (Wildman–Crippen MR) is 49.1 cm³/mol.